The molecule has 0 saturated heterocycles. The van der Waals surface area contributed by atoms with E-state index in [-0.39, 0.29) is 6.61 Å². The number of aromatic nitrogens is 2. The third-order valence-corrected chi connectivity index (χ3v) is 7.65. The summed E-state index contributed by atoms with van der Waals surface area (Å²) in [5, 5.41) is 11.3. The molecule has 1 N–H and O–H groups in total. The fraction of sp³-hybridized carbons (Fsp3) is 0.333. The first kappa shape index (κ1) is 28.4. The number of unbranched alkanes of at least 4 members (excludes halogenated alkanes) is 1. The number of carboxylic acid groups (broad SMARTS) is 1. The SMILES string of the molecule is C=C(C)CCC(C(=O)O)n1ccc2cc(OCc3sc(-c4ccc(C(F)(F)F)cc4)nc3CCCC)ccc21. The number of alkyl halides is 3. The lowest BCUT2D eigenvalue weighted by atomic mass is 10.1. The number of thiazole rings is 1. The number of allylic oxidation sites excluding steroid dienone is 1. The van der Waals surface area contributed by atoms with Crippen molar-refractivity contribution in [1.29, 1.82) is 0 Å². The first-order valence-electron chi connectivity index (χ1n) is 12.8. The molecule has 0 amide bonds. The summed E-state index contributed by atoms with van der Waals surface area (Å²) in [6.07, 6.45) is 1.18. The molecule has 2 aromatic carbocycles. The average Bonchev–Trinajstić information content (AvgIpc) is 3.49. The summed E-state index contributed by atoms with van der Waals surface area (Å²) in [4.78, 5) is 17.6. The van der Waals surface area contributed by atoms with Gasteiger partial charge in [-0.05, 0) is 69.0 Å². The zero-order chi connectivity index (χ0) is 28.2. The summed E-state index contributed by atoms with van der Waals surface area (Å²) in [6, 6.07) is 11.8. The Labute approximate surface area is 229 Å². The van der Waals surface area contributed by atoms with Gasteiger partial charge in [-0.3, -0.25) is 0 Å². The van der Waals surface area contributed by atoms with E-state index in [0.717, 1.165) is 58.4 Å². The Morgan fingerprint density at radius 1 is 1.18 bits per heavy atom. The van der Waals surface area contributed by atoms with Crippen LogP contribution in [0.15, 0.2) is 66.9 Å². The fourth-order valence-corrected chi connectivity index (χ4v) is 5.40. The largest absolute Gasteiger partial charge is 0.488 e. The summed E-state index contributed by atoms with van der Waals surface area (Å²) in [5.74, 6) is -0.247. The van der Waals surface area contributed by atoms with Crippen LogP contribution >= 0.6 is 11.3 Å². The van der Waals surface area contributed by atoms with Crippen LogP contribution in [0.1, 0.15) is 61.7 Å². The van der Waals surface area contributed by atoms with E-state index in [1.807, 2.05) is 31.2 Å². The van der Waals surface area contributed by atoms with E-state index in [2.05, 4.69) is 13.5 Å². The lowest BCUT2D eigenvalue weighted by molar-refractivity contribution is -0.141. The molecule has 2 heterocycles. The van der Waals surface area contributed by atoms with Crippen molar-refractivity contribution in [3.8, 4) is 16.3 Å². The number of carbonyl (C=O) groups is 1. The minimum absolute atomic E-state index is 0.278. The Morgan fingerprint density at radius 2 is 1.92 bits per heavy atom. The number of rotatable bonds is 12. The smallest absolute Gasteiger partial charge is 0.416 e. The lowest BCUT2D eigenvalue weighted by Gasteiger charge is -2.16. The molecule has 1 unspecified atom stereocenters. The molecule has 0 saturated carbocycles. The number of fused-ring (bicyclic) bond motifs is 1. The van der Waals surface area contributed by atoms with E-state index in [4.69, 9.17) is 9.72 Å². The maximum atomic E-state index is 13.0. The standard InChI is InChI=1S/C30H31F3N2O3S/c1-4-5-6-24-27(39-28(34-24)20-8-10-22(11-9-20)30(31,32)33)18-38-23-12-14-25-21(17-23)15-16-35(25)26(29(36)37)13-7-19(2)3/h8-12,14-17,26H,2,4-7,13,18H2,1,3H3,(H,36,37). The van der Waals surface area contributed by atoms with Crippen LogP contribution in [0.3, 0.4) is 0 Å². The summed E-state index contributed by atoms with van der Waals surface area (Å²) < 4.78 is 46.8. The molecule has 0 fully saturated rings. The van der Waals surface area contributed by atoms with Crippen molar-refractivity contribution < 1.29 is 27.8 Å². The Kier molecular flexibility index (Phi) is 8.80. The van der Waals surface area contributed by atoms with E-state index >= 15 is 0 Å². The van der Waals surface area contributed by atoms with Gasteiger partial charge in [-0.15, -0.1) is 17.9 Å². The van der Waals surface area contributed by atoms with Crippen LogP contribution in [0.5, 0.6) is 5.75 Å². The van der Waals surface area contributed by atoms with Crippen molar-refractivity contribution in [3.63, 3.8) is 0 Å². The summed E-state index contributed by atoms with van der Waals surface area (Å²) >= 11 is 1.42. The Morgan fingerprint density at radius 3 is 2.56 bits per heavy atom. The van der Waals surface area contributed by atoms with Gasteiger partial charge in [0.05, 0.1) is 16.1 Å². The van der Waals surface area contributed by atoms with Crippen LogP contribution in [-0.2, 0) is 24.0 Å². The highest BCUT2D eigenvalue weighted by molar-refractivity contribution is 7.15. The van der Waals surface area contributed by atoms with Crippen LogP contribution in [0.4, 0.5) is 13.2 Å². The molecule has 1 atom stereocenters. The highest BCUT2D eigenvalue weighted by Crippen LogP contribution is 2.34. The van der Waals surface area contributed by atoms with Gasteiger partial charge in [0.1, 0.15) is 23.4 Å². The van der Waals surface area contributed by atoms with E-state index in [9.17, 15) is 23.1 Å². The molecular formula is C30H31F3N2O3S. The monoisotopic (exact) mass is 556 g/mol. The number of aliphatic carboxylic acids is 1. The number of nitrogens with zero attached hydrogens (tertiary/aromatic N) is 2. The zero-order valence-electron chi connectivity index (χ0n) is 21.9. The van der Waals surface area contributed by atoms with Crippen molar-refractivity contribution >= 4 is 28.2 Å². The molecule has 5 nitrogen and oxygen atoms in total. The van der Waals surface area contributed by atoms with Crippen molar-refractivity contribution in [1.82, 2.24) is 9.55 Å². The number of halogens is 3. The molecule has 4 rings (SSSR count). The summed E-state index contributed by atoms with van der Waals surface area (Å²) in [6.45, 7) is 8.13. The average molecular weight is 557 g/mol. The molecule has 206 valence electrons. The molecule has 0 spiro atoms. The van der Waals surface area contributed by atoms with Crippen molar-refractivity contribution in [2.24, 2.45) is 0 Å². The third kappa shape index (κ3) is 6.89. The number of benzene rings is 2. The molecule has 39 heavy (non-hydrogen) atoms. The van der Waals surface area contributed by atoms with E-state index in [1.165, 1.54) is 23.5 Å². The minimum atomic E-state index is -4.38. The van der Waals surface area contributed by atoms with E-state index < -0.39 is 23.8 Å². The highest BCUT2D eigenvalue weighted by atomic mass is 32.1. The fourth-order valence-electron chi connectivity index (χ4n) is 4.38. The first-order chi connectivity index (χ1) is 18.6. The number of carboxylic acids is 1. The van der Waals surface area contributed by atoms with Crippen molar-refractivity contribution in [3.05, 3.63) is 83.0 Å². The van der Waals surface area contributed by atoms with Gasteiger partial charge in [0, 0.05) is 22.7 Å². The Bertz CT molecular complexity index is 1450. The van der Waals surface area contributed by atoms with Gasteiger partial charge < -0.3 is 14.4 Å². The first-order valence-corrected chi connectivity index (χ1v) is 13.6. The van der Waals surface area contributed by atoms with Gasteiger partial charge in [0.2, 0.25) is 0 Å². The summed E-state index contributed by atoms with van der Waals surface area (Å²) in [5.41, 5.74) is 2.59. The Hall–Kier alpha value is -3.59. The second-order valence-electron chi connectivity index (χ2n) is 9.65. The number of hydrogen-bond donors (Lipinski definition) is 1. The molecule has 4 aromatic rings. The van der Waals surface area contributed by atoms with Gasteiger partial charge in [0.25, 0.3) is 0 Å². The lowest BCUT2D eigenvalue weighted by Crippen LogP contribution is -2.18. The number of ether oxygens (including phenoxy) is 1. The predicted molar refractivity (Wildman–Crippen MR) is 148 cm³/mol. The highest BCUT2D eigenvalue weighted by Gasteiger charge is 2.30. The van der Waals surface area contributed by atoms with E-state index in [1.54, 1.807) is 10.8 Å². The molecule has 0 aliphatic heterocycles. The van der Waals surface area contributed by atoms with Crippen LogP contribution in [0, 0.1) is 0 Å². The topological polar surface area (TPSA) is 64.3 Å². The second-order valence-corrected chi connectivity index (χ2v) is 10.7. The molecule has 2 aromatic heterocycles. The molecule has 9 heteroatoms. The Balaban J connectivity index is 1.53. The maximum absolute atomic E-state index is 13.0. The molecular weight excluding hydrogens is 525 g/mol. The maximum Gasteiger partial charge on any atom is 0.416 e. The molecule has 0 aliphatic rings. The van der Waals surface area contributed by atoms with Gasteiger partial charge in [-0.2, -0.15) is 13.2 Å². The molecule has 0 bridgehead atoms. The van der Waals surface area contributed by atoms with Crippen molar-refractivity contribution in [2.45, 2.75) is 64.8 Å². The van der Waals surface area contributed by atoms with Gasteiger partial charge in [0.15, 0.2) is 0 Å². The normalized spacial score (nSPS) is 12.5. The van der Waals surface area contributed by atoms with Crippen LogP contribution in [0.25, 0.3) is 21.5 Å². The molecule has 0 aliphatic carbocycles. The molecule has 0 radical (unpaired) electrons. The minimum Gasteiger partial charge on any atom is -0.488 e. The second kappa shape index (κ2) is 12.1. The van der Waals surface area contributed by atoms with Crippen LogP contribution in [-0.4, -0.2) is 20.6 Å². The number of aryl methyl sites for hydroxylation is 1. The predicted octanol–water partition coefficient (Wildman–Crippen LogP) is 8.69. The third-order valence-electron chi connectivity index (χ3n) is 6.53. The van der Waals surface area contributed by atoms with Crippen LogP contribution in [0.2, 0.25) is 0 Å². The zero-order valence-corrected chi connectivity index (χ0v) is 22.7. The van der Waals surface area contributed by atoms with Crippen LogP contribution < -0.4 is 4.74 Å². The quantitative estimate of drug-likeness (QED) is 0.177. The van der Waals surface area contributed by atoms with Crippen molar-refractivity contribution in [2.75, 3.05) is 0 Å². The number of hydrogen-bond acceptors (Lipinski definition) is 4. The van der Waals surface area contributed by atoms with Gasteiger partial charge >= 0.3 is 12.1 Å². The summed E-state index contributed by atoms with van der Waals surface area (Å²) in [7, 11) is 0. The van der Waals surface area contributed by atoms with E-state index in [0.29, 0.717) is 29.2 Å². The van der Waals surface area contributed by atoms with Gasteiger partial charge in [-0.1, -0.05) is 31.1 Å². The van der Waals surface area contributed by atoms with Gasteiger partial charge in [-0.25, -0.2) is 9.78 Å².